The lowest BCUT2D eigenvalue weighted by atomic mass is 9.56. The number of thioether (sulfide) groups is 1. The van der Waals surface area contributed by atoms with Crippen LogP contribution in [0.4, 0.5) is 0 Å². The second-order valence-corrected chi connectivity index (χ2v) is 7.00. The van der Waals surface area contributed by atoms with Gasteiger partial charge in [0.15, 0.2) is 0 Å². The van der Waals surface area contributed by atoms with Crippen LogP contribution >= 0.6 is 11.8 Å². The minimum Gasteiger partial charge on any atom is -0.472 e. The van der Waals surface area contributed by atoms with Crippen LogP contribution < -0.4 is 0 Å². The smallest absolute Gasteiger partial charge is 0.0940 e. The van der Waals surface area contributed by atoms with E-state index in [2.05, 4.69) is 34.0 Å². The van der Waals surface area contributed by atoms with Crippen molar-refractivity contribution in [1.29, 1.82) is 0 Å². The molecule has 0 amide bonds. The summed E-state index contributed by atoms with van der Waals surface area (Å²) in [5.74, 6) is 3.34. The first-order valence-electron chi connectivity index (χ1n) is 6.01. The zero-order chi connectivity index (χ0) is 11.9. The summed E-state index contributed by atoms with van der Waals surface area (Å²) in [4.78, 5) is 0. The minimum atomic E-state index is 0.341. The Hall–Kier alpha value is -0.370. The first-order chi connectivity index (χ1) is 7.46. The van der Waals surface area contributed by atoms with E-state index >= 15 is 0 Å². The fraction of sp³-hybridized carbons (Fsp3) is 0.714. The summed E-state index contributed by atoms with van der Waals surface area (Å²) in [6, 6.07) is 0. The van der Waals surface area contributed by atoms with Crippen LogP contribution in [0.15, 0.2) is 16.9 Å². The zero-order valence-corrected chi connectivity index (χ0v) is 11.7. The van der Waals surface area contributed by atoms with Gasteiger partial charge in [0.1, 0.15) is 0 Å². The van der Waals surface area contributed by atoms with E-state index in [4.69, 9.17) is 4.42 Å². The minimum absolute atomic E-state index is 0.341. The number of rotatable bonds is 3. The van der Waals surface area contributed by atoms with Crippen molar-refractivity contribution >= 4 is 11.8 Å². The van der Waals surface area contributed by atoms with E-state index in [1.807, 2.05) is 24.3 Å². The summed E-state index contributed by atoms with van der Waals surface area (Å²) < 4.78 is 5.38. The molecule has 1 nitrogen and oxygen atoms in total. The highest BCUT2D eigenvalue weighted by Crippen LogP contribution is 2.58. The molecule has 3 atom stereocenters. The average Bonchev–Trinajstić information content (AvgIpc) is 2.47. The molecule has 0 aliphatic heterocycles. The Bertz CT molecular complexity index is 361. The average molecular weight is 238 g/mol. The molecular formula is C14H22OS. The van der Waals surface area contributed by atoms with E-state index in [1.54, 1.807) is 0 Å². The maximum absolute atomic E-state index is 5.38. The molecule has 2 rings (SSSR count). The van der Waals surface area contributed by atoms with E-state index in [9.17, 15) is 0 Å². The Labute approximate surface area is 103 Å². The highest BCUT2D eigenvalue weighted by Gasteiger charge is 2.47. The Balaban J connectivity index is 2.26. The van der Waals surface area contributed by atoms with Crippen LogP contribution in [-0.4, -0.2) is 12.0 Å². The van der Waals surface area contributed by atoms with Gasteiger partial charge in [0.05, 0.1) is 12.5 Å². The van der Waals surface area contributed by atoms with E-state index in [0.717, 1.165) is 5.92 Å². The van der Waals surface area contributed by atoms with Crippen molar-refractivity contribution in [3.8, 4) is 0 Å². The molecule has 16 heavy (non-hydrogen) atoms. The predicted molar refractivity (Wildman–Crippen MR) is 71.2 cm³/mol. The fourth-order valence-corrected chi connectivity index (χ4v) is 3.86. The van der Waals surface area contributed by atoms with E-state index in [1.165, 1.54) is 16.9 Å². The van der Waals surface area contributed by atoms with Gasteiger partial charge in [-0.15, -0.1) is 0 Å². The lowest BCUT2D eigenvalue weighted by Crippen LogP contribution is -2.37. The third-order valence-electron chi connectivity index (χ3n) is 3.75. The molecular weight excluding hydrogens is 216 g/mol. The van der Waals surface area contributed by atoms with Gasteiger partial charge in [-0.3, -0.25) is 0 Å². The van der Waals surface area contributed by atoms with Gasteiger partial charge in [0, 0.05) is 0 Å². The molecule has 2 heteroatoms. The molecule has 1 aromatic rings. The summed E-state index contributed by atoms with van der Waals surface area (Å²) in [6.07, 6.45) is 6.10. The quantitative estimate of drug-likeness (QED) is 0.769. The number of furan rings is 1. The Morgan fingerprint density at radius 1 is 1.31 bits per heavy atom. The van der Waals surface area contributed by atoms with Crippen molar-refractivity contribution in [3.05, 3.63) is 23.7 Å². The SMILES string of the molecule is CSCC(C)C1c2cocc2C1C(C)(C)C. The molecule has 1 aliphatic carbocycles. The van der Waals surface area contributed by atoms with Crippen molar-refractivity contribution in [3.63, 3.8) is 0 Å². The molecule has 1 aromatic heterocycles. The highest BCUT2D eigenvalue weighted by molar-refractivity contribution is 7.98. The summed E-state index contributed by atoms with van der Waals surface area (Å²) in [5.41, 5.74) is 3.25. The summed E-state index contributed by atoms with van der Waals surface area (Å²) >= 11 is 1.95. The first-order valence-corrected chi connectivity index (χ1v) is 7.41. The summed E-state index contributed by atoms with van der Waals surface area (Å²) in [5, 5.41) is 0. The third-order valence-corrected chi connectivity index (χ3v) is 4.61. The van der Waals surface area contributed by atoms with E-state index in [0.29, 0.717) is 17.3 Å². The first kappa shape index (κ1) is 12.1. The van der Waals surface area contributed by atoms with Gasteiger partial charge >= 0.3 is 0 Å². The van der Waals surface area contributed by atoms with Gasteiger partial charge in [-0.2, -0.15) is 11.8 Å². The normalized spacial score (nSPS) is 26.1. The highest BCUT2D eigenvalue weighted by atomic mass is 32.2. The van der Waals surface area contributed by atoms with Crippen LogP contribution in [0.3, 0.4) is 0 Å². The number of hydrogen-bond donors (Lipinski definition) is 0. The van der Waals surface area contributed by atoms with Gasteiger partial charge in [0.25, 0.3) is 0 Å². The Morgan fingerprint density at radius 2 is 1.94 bits per heavy atom. The van der Waals surface area contributed by atoms with Crippen LogP contribution in [0.2, 0.25) is 0 Å². The van der Waals surface area contributed by atoms with Crippen molar-refractivity contribution < 1.29 is 4.42 Å². The van der Waals surface area contributed by atoms with Crippen LogP contribution in [0, 0.1) is 11.3 Å². The van der Waals surface area contributed by atoms with Crippen molar-refractivity contribution in [2.45, 2.75) is 39.5 Å². The number of fused-ring (bicyclic) bond motifs is 1. The maximum Gasteiger partial charge on any atom is 0.0940 e. The van der Waals surface area contributed by atoms with Crippen LogP contribution in [0.5, 0.6) is 0 Å². The van der Waals surface area contributed by atoms with Crippen molar-refractivity contribution in [2.75, 3.05) is 12.0 Å². The van der Waals surface area contributed by atoms with Gasteiger partial charge < -0.3 is 4.42 Å². The Kier molecular flexibility index (Phi) is 3.13. The third kappa shape index (κ3) is 1.81. The molecule has 0 aromatic carbocycles. The van der Waals surface area contributed by atoms with Crippen molar-refractivity contribution in [2.24, 2.45) is 11.3 Å². The molecule has 0 bridgehead atoms. The number of hydrogen-bond acceptors (Lipinski definition) is 2. The Morgan fingerprint density at radius 3 is 2.50 bits per heavy atom. The molecule has 0 spiro atoms. The molecule has 0 fully saturated rings. The van der Waals surface area contributed by atoms with Gasteiger partial charge in [-0.1, -0.05) is 27.7 Å². The zero-order valence-electron chi connectivity index (χ0n) is 10.9. The van der Waals surface area contributed by atoms with E-state index < -0.39 is 0 Å². The van der Waals surface area contributed by atoms with Gasteiger partial charge in [0.2, 0.25) is 0 Å². The predicted octanol–water partition coefficient (Wildman–Crippen LogP) is 4.51. The molecule has 3 unspecified atom stereocenters. The van der Waals surface area contributed by atoms with Gasteiger partial charge in [-0.25, -0.2) is 0 Å². The molecule has 0 radical (unpaired) electrons. The molecule has 1 aliphatic rings. The topological polar surface area (TPSA) is 13.1 Å². The molecule has 90 valence electrons. The van der Waals surface area contributed by atoms with Crippen molar-refractivity contribution in [1.82, 2.24) is 0 Å². The fourth-order valence-electron chi connectivity index (χ4n) is 3.12. The second kappa shape index (κ2) is 4.14. The van der Waals surface area contributed by atoms with Gasteiger partial charge in [-0.05, 0) is 46.3 Å². The van der Waals surface area contributed by atoms with E-state index in [-0.39, 0.29) is 0 Å². The molecule has 0 saturated heterocycles. The maximum atomic E-state index is 5.38. The largest absolute Gasteiger partial charge is 0.472 e. The summed E-state index contributed by atoms with van der Waals surface area (Å²) in [7, 11) is 0. The lowest BCUT2D eigenvalue weighted by molar-refractivity contribution is 0.213. The van der Waals surface area contributed by atoms with Crippen LogP contribution in [0.25, 0.3) is 0 Å². The molecule has 0 saturated carbocycles. The second-order valence-electron chi connectivity index (χ2n) is 6.08. The standard InChI is InChI=1S/C14H22OS/c1-9(8-16-5)12-10-6-15-7-11(10)13(12)14(2,3)4/h6-7,9,12-13H,8H2,1-5H3. The van der Waals surface area contributed by atoms with Crippen LogP contribution in [0.1, 0.15) is 50.7 Å². The van der Waals surface area contributed by atoms with Crippen LogP contribution in [-0.2, 0) is 0 Å². The monoisotopic (exact) mass is 238 g/mol. The summed E-state index contributed by atoms with van der Waals surface area (Å²) in [6.45, 7) is 9.39. The molecule has 1 heterocycles. The lowest BCUT2D eigenvalue weighted by Gasteiger charge is -2.47. The molecule has 0 N–H and O–H groups in total.